The van der Waals surface area contributed by atoms with Crippen LogP contribution in [-0.4, -0.2) is 33.8 Å². The third-order valence-electron chi connectivity index (χ3n) is 3.16. The maximum absolute atomic E-state index is 11.1. The van der Waals surface area contributed by atoms with Gasteiger partial charge in [0.1, 0.15) is 5.75 Å². The van der Waals surface area contributed by atoms with Crippen LogP contribution >= 0.6 is 0 Å². The fourth-order valence-corrected chi connectivity index (χ4v) is 1.94. The molecule has 1 rings (SSSR count). The predicted octanol–water partition coefficient (Wildman–Crippen LogP) is 2.65. The standard InChI is InChI=1S/C15H23NO3/c1-5-12-8-9-14(18-3)13(11-12)16(2)10-6-7-15(17)19-4/h8-9,11H,5-7,10H2,1-4H3. The van der Waals surface area contributed by atoms with Crippen molar-refractivity contribution in [3.8, 4) is 5.75 Å². The van der Waals surface area contributed by atoms with Crippen molar-refractivity contribution in [3.05, 3.63) is 23.8 Å². The molecule has 0 radical (unpaired) electrons. The molecule has 0 aliphatic carbocycles. The van der Waals surface area contributed by atoms with Crippen LogP contribution in [0.25, 0.3) is 0 Å². The molecule has 0 atom stereocenters. The highest BCUT2D eigenvalue weighted by Crippen LogP contribution is 2.28. The Bertz CT molecular complexity index is 418. The lowest BCUT2D eigenvalue weighted by Crippen LogP contribution is -2.20. The van der Waals surface area contributed by atoms with E-state index in [-0.39, 0.29) is 5.97 Å². The minimum absolute atomic E-state index is 0.164. The molecular formula is C15H23NO3. The molecule has 0 bridgehead atoms. The van der Waals surface area contributed by atoms with E-state index in [1.165, 1.54) is 12.7 Å². The van der Waals surface area contributed by atoms with Crippen molar-refractivity contribution in [2.75, 3.05) is 32.7 Å². The predicted molar refractivity (Wildman–Crippen MR) is 76.9 cm³/mol. The van der Waals surface area contributed by atoms with Crippen LogP contribution < -0.4 is 9.64 Å². The first kappa shape index (κ1) is 15.3. The Kier molecular flexibility index (Phi) is 6.19. The number of anilines is 1. The first-order valence-corrected chi connectivity index (χ1v) is 6.57. The van der Waals surface area contributed by atoms with Crippen LogP contribution in [0.3, 0.4) is 0 Å². The molecule has 4 nitrogen and oxygen atoms in total. The fourth-order valence-electron chi connectivity index (χ4n) is 1.94. The van der Waals surface area contributed by atoms with E-state index >= 15 is 0 Å². The topological polar surface area (TPSA) is 38.8 Å². The number of benzene rings is 1. The van der Waals surface area contributed by atoms with Gasteiger partial charge in [0.15, 0.2) is 0 Å². The number of carbonyl (C=O) groups excluding carboxylic acids is 1. The van der Waals surface area contributed by atoms with Gasteiger partial charge < -0.3 is 14.4 Å². The molecule has 4 heteroatoms. The minimum Gasteiger partial charge on any atom is -0.495 e. The first-order valence-electron chi connectivity index (χ1n) is 6.57. The molecule has 0 N–H and O–H groups in total. The zero-order valence-electron chi connectivity index (χ0n) is 12.2. The summed E-state index contributed by atoms with van der Waals surface area (Å²) in [6.07, 6.45) is 2.20. The molecule has 0 aliphatic rings. The highest BCUT2D eigenvalue weighted by atomic mass is 16.5. The van der Waals surface area contributed by atoms with E-state index in [2.05, 4.69) is 28.7 Å². The molecule has 19 heavy (non-hydrogen) atoms. The number of methoxy groups -OCH3 is 2. The zero-order valence-corrected chi connectivity index (χ0v) is 12.2. The smallest absolute Gasteiger partial charge is 0.305 e. The lowest BCUT2D eigenvalue weighted by atomic mass is 10.1. The third-order valence-corrected chi connectivity index (χ3v) is 3.16. The number of hydrogen-bond donors (Lipinski definition) is 0. The van der Waals surface area contributed by atoms with Crippen LogP contribution in [0.4, 0.5) is 5.69 Å². The van der Waals surface area contributed by atoms with E-state index in [1.54, 1.807) is 7.11 Å². The maximum atomic E-state index is 11.1. The van der Waals surface area contributed by atoms with E-state index in [0.717, 1.165) is 30.8 Å². The molecule has 0 unspecified atom stereocenters. The lowest BCUT2D eigenvalue weighted by Gasteiger charge is -2.22. The molecule has 0 aromatic heterocycles. The summed E-state index contributed by atoms with van der Waals surface area (Å²) in [5.74, 6) is 0.695. The summed E-state index contributed by atoms with van der Waals surface area (Å²) in [5.41, 5.74) is 2.34. The van der Waals surface area contributed by atoms with E-state index in [4.69, 9.17) is 4.74 Å². The Morgan fingerprint density at radius 2 is 2.05 bits per heavy atom. The van der Waals surface area contributed by atoms with Crippen LogP contribution in [0, 0.1) is 0 Å². The van der Waals surface area contributed by atoms with Crippen LogP contribution in [-0.2, 0) is 16.0 Å². The highest BCUT2D eigenvalue weighted by molar-refractivity contribution is 5.69. The van der Waals surface area contributed by atoms with Crippen molar-refractivity contribution in [2.45, 2.75) is 26.2 Å². The number of carbonyl (C=O) groups is 1. The van der Waals surface area contributed by atoms with Gasteiger partial charge in [0.05, 0.1) is 19.9 Å². The molecular weight excluding hydrogens is 242 g/mol. The van der Waals surface area contributed by atoms with Gasteiger partial charge in [-0.3, -0.25) is 4.79 Å². The van der Waals surface area contributed by atoms with E-state index in [9.17, 15) is 4.79 Å². The quantitative estimate of drug-likeness (QED) is 0.710. The van der Waals surface area contributed by atoms with Crippen molar-refractivity contribution in [1.82, 2.24) is 0 Å². The van der Waals surface area contributed by atoms with Crippen LogP contribution in [0.5, 0.6) is 5.75 Å². The minimum atomic E-state index is -0.164. The average Bonchev–Trinajstić information content (AvgIpc) is 2.45. The molecule has 1 aromatic rings. The van der Waals surface area contributed by atoms with Gasteiger partial charge in [-0.05, 0) is 30.5 Å². The second-order valence-electron chi connectivity index (χ2n) is 4.46. The van der Waals surface area contributed by atoms with Crippen molar-refractivity contribution in [1.29, 1.82) is 0 Å². The van der Waals surface area contributed by atoms with Crippen LogP contribution in [0.1, 0.15) is 25.3 Å². The Balaban J connectivity index is 2.69. The average molecular weight is 265 g/mol. The second-order valence-corrected chi connectivity index (χ2v) is 4.46. The van der Waals surface area contributed by atoms with Crippen LogP contribution in [0.2, 0.25) is 0 Å². The number of ether oxygens (including phenoxy) is 2. The maximum Gasteiger partial charge on any atom is 0.305 e. The van der Waals surface area contributed by atoms with Gasteiger partial charge in [-0.1, -0.05) is 13.0 Å². The summed E-state index contributed by atoms with van der Waals surface area (Å²) in [5, 5.41) is 0. The van der Waals surface area contributed by atoms with Gasteiger partial charge in [-0.25, -0.2) is 0 Å². The van der Waals surface area contributed by atoms with Crippen molar-refractivity contribution >= 4 is 11.7 Å². The second kappa shape index (κ2) is 7.67. The number of aryl methyl sites for hydroxylation is 1. The molecule has 106 valence electrons. The van der Waals surface area contributed by atoms with Crippen molar-refractivity contribution < 1.29 is 14.3 Å². The first-order chi connectivity index (χ1) is 9.12. The summed E-state index contributed by atoms with van der Waals surface area (Å²) in [6, 6.07) is 6.20. The monoisotopic (exact) mass is 265 g/mol. The molecule has 0 fully saturated rings. The Morgan fingerprint density at radius 1 is 1.32 bits per heavy atom. The molecule has 0 heterocycles. The summed E-state index contributed by atoms with van der Waals surface area (Å²) in [4.78, 5) is 13.2. The summed E-state index contributed by atoms with van der Waals surface area (Å²) >= 11 is 0. The molecule has 0 saturated heterocycles. The van der Waals surface area contributed by atoms with Gasteiger partial charge in [-0.15, -0.1) is 0 Å². The summed E-state index contributed by atoms with van der Waals surface area (Å²) < 4.78 is 10.0. The normalized spacial score (nSPS) is 10.1. The Hall–Kier alpha value is -1.71. The summed E-state index contributed by atoms with van der Waals surface area (Å²) in [7, 11) is 5.10. The van der Waals surface area contributed by atoms with Gasteiger partial charge in [0.25, 0.3) is 0 Å². The van der Waals surface area contributed by atoms with Crippen molar-refractivity contribution in [3.63, 3.8) is 0 Å². The SMILES string of the molecule is CCc1ccc(OC)c(N(C)CCCC(=O)OC)c1. The van der Waals surface area contributed by atoms with Gasteiger partial charge in [-0.2, -0.15) is 0 Å². The fraction of sp³-hybridized carbons (Fsp3) is 0.533. The van der Waals surface area contributed by atoms with E-state index in [1.807, 2.05) is 13.1 Å². The third kappa shape index (κ3) is 4.47. The highest BCUT2D eigenvalue weighted by Gasteiger charge is 2.09. The number of hydrogen-bond acceptors (Lipinski definition) is 4. The Morgan fingerprint density at radius 3 is 2.63 bits per heavy atom. The van der Waals surface area contributed by atoms with E-state index in [0.29, 0.717) is 6.42 Å². The number of esters is 1. The van der Waals surface area contributed by atoms with E-state index < -0.39 is 0 Å². The largest absolute Gasteiger partial charge is 0.495 e. The molecule has 0 aliphatic heterocycles. The molecule has 0 saturated carbocycles. The van der Waals surface area contributed by atoms with Gasteiger partial charge in [0, 0.05) is 20.0 Å². The van der Waals surface area contributed by atoms with Crippen LogP contribution in [0.15, 0.2) is 18.2 Å². The molecule has 1 aromatic carbocycles. The number of rotatable bonds is 7. The molecule has 0 amide bonds. The Labute approximate surface area is 115 Å². The van der Waals surface area contributed by atoms with Gasteiger partial charge >= 0.3 is 5.97 Å². The van der Waals surface area contributed by atoms with Gasteiger partial charge in [0.2, 0.25) is 0 Å². The molecule has 0 spiro atoms. The van der Waals surface area contributed by atoms with Crippen molar-refractivity contribution in [2.24, 2.45) is 0 Å². The number of nitrogens with zero attached hydrogens (tertiary/aromatic N) is 1. The summed E-state index contributed by atoms with van der Waals surface area (Å²) in [6.45, 7) is 2.92. The lowest BCUT2D eigenvalue weighted by molar-refractivity contribution is -0.140. The zero-order chi connectivity index (χ0) is 14.3.